The minimum atomic E-state index is 0.460. The molecule has 1 fully saturated rings. The summed E-state index contributed by atoms with van der Waals surface area (Å²) in [6.07, 6.45) is 2.68. The van der Waals surface area contributed by atoms with E-state index in [1.807, 2.05) is 11.3 Å². The molecule has 2 rings (SSSR count). The molecule has 0 aliphatic carbocycles. The summed E-state index contributed by atoms with van der Waals surface area (Å²) in [6, 6.07) is 1.05. The zero-order valence-electron chi connectivity index (χ0n) is 13.6. The molecule has 0 aromatic carbocycles. The molecule has 1 N–H and O–H groups in total. The van der Waals surface area contributed by atoms with Gasteiger partial charge in [0.1, 0.15) is 0 Å². The maximum absolute atomic E-state index is 4.75. The van der Waals surface area contributed by atoms with Gasteiger partial charge >= 0.3 is 0 Å². The zero-order valence-corrected chi connectivity index (χ0v) is 14.4. The van der Waals surface area contributed by atoms with Gasteiger partial charge < -0.3 is 5.32 Å². The predicted molar refractivity (Wildman–Crippen MR) is 87.4 cm³/mol. The Balaban J connectivity index is 1.96. The van der Waals surface area contributed by atoms with E-state index in [9.17, 15) is 0 Å². The van der Waals surface area contributed by atoms with Crippen LogP contribution >= 0.6 is 11.3 Å². The first-order valence-electron chi connectivity index (χ1n) is 7.88. The molecule has 0 bridgehead atoms. The lowest BCUT2D eigenvalue weighted by Gasteiger charge is -2.37. The molecule has 2 atom stereocenters. The molecular weight excluding hydrogens is 266 g/mol. The fraction of sp³-hybridized carbons (Fsp3) is 0.812. The van der Waals surface area contributed by atoms with Crippen LogP contribution in [-0.4, -0.2) is 35.6 Å². The van der Waals surface area contributed by atoms with Crippen molar-refractivity contribution in [2.75, 3.05) is 19.6 Å². The summed E-state index contributed by atoms with van der Waals surface area (Å²) in [7, 11) is 0. The van der Waals surface area contributed by atoms with Crippen LogP contribution < -0.4 is 5.32 Å². The summed E-state index contributed by atoms with van der Waals surface area (Å²) < 4.78 is 0. The van der Waals surface area contributed by atoms with Crippen LogP contribution in [0.25, 0.3) is 0 Å². The highest BCUT2D eigenvalue weighted by Crippen LogP contribution is 2.30. The van der Waals surface area contributed by atoms with Gasteiger partial charge in [-0.2, -0.15) is 0 Å². The van der Waals surface area contributed by atoms with Gasteiger partial charge in [0, 0.05) is 17.5 Å². The Morgan fingerprint density at radius 3 is 2.70 bits per heavy atom. The molecule has 1 aliphatic heterocycles. The fourth-order valence-corrected chi connectivity index (χ4v) is 4.03. The number of hydrogen-bond donors (Lipinski definition) is 1. The lowest BCUT2D eigenvalue weighted by molar-refractivity contribution is 0.127. The topological polar surface area (TPSA) is 28.2 Å². The maximum atomic E-state index is 4.75. The Labute approximate surface area is 127 Å². The predicted octanol–water partition coefficient (Wildman–Crippen LogP) is 3.53. The largest absolute Gasteiger partial charge is 0.314 e. The van der Waals surface area contributed by atoms with Gasteiger partial charge in [-0.1, -0.05) is 13.8 Å². The number of aryl methyl sites for hydroxylation is 2. The second-order valence-corrected chi connectivity index (χ2v) is 7.82. The average Bonchev–Trinajstić information content (AvgIpc) is 2.75. The number of rotatable bonds is 5. The molecule has 0 radical (unpaired) electrons. The molecule has 3 nitrogen and oxygen atoms in total. The lowest BCUT2D eigenvalue weighted by atomic mass is 9.96. The van der Waals surface area contributed by atoms with Gasteiger partial charge in [-0.05, 0) is 52.6 Å². The van der Waals surface area contributed by atoms with E-state index in [4.69, 9.17) is 4.98 Å². The molecule has 2 unspecified atom stereocenters. The minimum absolute atomic E-state index is 0.460. The van der Waals surface area contributed by atoms with Crippen LogP contribution in [0.2, 0.25) is 0 Å². The summed E-state index contributed by atoms with van der Waals surface area (Å²) >= 11 is 1.83. The average molecular weight is 295 g/mol. The smallest absolute Gasteiger partial charge is 0.0900 e. The molecule has 0 saturated carbocycles. The van der Waals surface area contributed by atoms with Crippen LogP contribution in [0.1, 0.15) is 55.2 Å². The van der Waals surface area contributed by atoms with Gasteiger partial charge in [-0.15, -0.1) is 11.3 Å². The van der Waals surface area contributed by atoms with Gasteiger partial charge in [-0.3, -0.25) is 4.90 Å². The minimum Gasteiger partial charge on any atom is -0.314 e. The number of aromatic nitrogens is 1. The van der Waals surface area contributed by atoms with Crippen molar-refractivity contribution in [2.45, 2.75) is 59.5 Å². The van der Waals surface area contributed by atoms with E-state index < -0.39 is 0 Å². The second-order valence-electron chi connectivity index (χ2n) is 6.42. The van der Waals surface area contributed by atoms with Crippen molar-refractivity contribution in [1.29, 1.82) is 0 Å². The van der Waals surface area contributed by atoms with Crippen LogP contribution in [0.4, 0.5) is 0 Å². The molecule has 1 aromatic rings. The summed E-state index contributed by atoms with van der Waals surface area (Å²) in [5, 5.41) is 4.78. The molecule has 114 valence electrons. The molecule has 4 heteroatoms. The molecule has 0 spiro atoms. The third kappa shape index (κ3) is 4.03. The van der Waals surface area contributed by atoms with Crippen molar-refractivity contribution in [3.05, 3.63) is 15.6 Å². The SMILES string of the molecule is Cc1nc(C(C)N2CCCC(CNC(C)C)C2)c(C)s1. The Morgan fingerprint density at radius 1 is 1.35 bits per heavy atom. The molecule has 1 saturated heterocycles. The van der Waals surface area contributed by atoms with Crippen LogP contribution in [0.15, 0.2) is 0 Å². The number of nitrogens with one attached hydrogen (secondary N) is 1. The number of piperidine rings is 1. The Morgan fingerprint density at radius 2 is 2.10 bits per heavy atom. The van der Waals surface area contributed by atoms with Crippen LogP contribution in [0.3, 0.4) is 0 Å². The third-order valence-corrected chi connectivity index (χ3v) is 5.15. The fourth-order valence-electron chi connectivity index (χ4n) is 3.12. The van der Waals surface area contributed by atoms with Crippen LogP contribution in [0.5, 0.6) is 0 Å². The van der Waals surface area contributed by atoms with Crippen LogP contribution in [-0.2, 0) is 0 Å². The summed E-state index contributed by atoms with van der Waals surface area (Å²) in [6.45, 7) is 14.7. The van der Waals surface area contributed by atoms with Gasteiger partial charge in [0.05, 0.1) is 16.7 Å². The quantitative estimate of drug-likeness (QED) is 0.900. The summed E-state index contributed by atoms with van der Waals surface area (Å²) in [5.41, 5.74) is 1.30. The van der Waals surface area contributed by atoms with E-state index in [2.05, 4.69) is 44.8 Å². The Bertz CT molecular complexity index is 427. The molecule has 0 amide bonds. The number of hydrogen-bond acceptors (Lipinski definition) is 4. The standard InChI is InChI=1S/C16H29N3S/c1-11(2)17-9-15-7-6-8-19(10-15)12(3)16-13(4)20-14(5)18-16/h11-12,15,17H,6-10H2,1-5H3. The van der Waals surface area contributed by atoms with E-state index in [1.165, 1.54) is 41.5 Å². The monoisotopic (exact) mass is 295 g/mol. The highest BCUT2D eigenvalue weighted by molar-refractivity contribution is 7.11. The van der Waals surface area contributed by atoms with E-state index in [0.29, 0.717) is 12.1 Å². The molecular formula is C16H29N3S. The van der Waals surface area contributed by atoms with Crippen molar-refractivity contribution in [3.63, 3.8) is 0 Å². The Hall–Kier alpha value is -0.450. The van der Waals surface area contributed by atoms with Crippen molar-refractivity contribution in [3.8, 4) is 0 Å². The molecule has 20 heavy (non-hydrogen) atoms. The highest BCUT2D eigenvalue weighted by Gasteiger charge is 2.26. The van der Waals surface area contributed by atoms with Gasteiger partial charge in [-0.25, -0.2) is 4.98 Å². The van der Waals surface area contributed by atoms with Crippen molar-refractivity contribution in [2.24, 2.45) is 5.92 Å². The second kappa shape index (κ2) is 7.01. The number of likely N-dealkylation sites (tertiary alicyclic amines) is 1. The Kier molecular flexibility index (Phi) is 5.58. The van der Waals surface area contributed by atoms with E-state index in [1.54, 1.807) is 0 Å². The van der Waals surface area contributed by atoms with E-state index >= 15 is 0 Å². The highest BCUT2D eigenvalue weighted by atomic mass is 32.1. The van der Waals surface area contributed by atoms with Crippen LogP contribution in [0, 0.1) is 19.8 Å². The summed E-state index contributed by atoms with van der Waals surface area (Å²) in [5.74, 6) is 0.786. The lowest BCUT2D eigenvalue weighted by Crippen LogP contribution is -2.42. The van der Waals surface area contributed by atoms with Crippen molar-refractivity contribution >= 4 is 11.3 Å². The van der Waals surface area contributed by atoms with Gasteiger partial charge in [0.2, 0.25) is 0 Å². The molecule has 2 heterocycles. The summed E-state index contributed by atoms with van der Waals surface area (Å²) in [4.78, 5) is 8.76. The zero-order chi connectivity index (χ0) is 14.7. The number of thiazole rings is 1. The third-order valence-electron chi connectivity index (χ3n) is 4.25. The molecule has 1 aliphatic rings. The van der Waals surface area contributed by atoms with Crippen molar-refractivity contribution in [1.82, 2.24) is 15.2 Å². The first-order chi connectivity index (χ1) is 9.47. The maximum Gasteiger partial charge on any atom is 0.0900 e. The van der Waals surface area contributed by atoms with Gasteiger partial charge in [0.15, 0.2) is 0 Å². The first kappa shape index (κ1) is 15.9. The molecule has 1 aromatic heterocycles. The first-order valence-corrected chi connectivity index (χ1v) is 8.70. The normalized spacial score (nSPS) is 22.4. The van der Waals surface area contributed by atoms with E-state index in [0.717, 1.165) is 12.5 Å². The van der Waals surface area contributed by atoms with Gasteiger partial charge in [0.25, 0.3) is 0 Å². The number of nitrogens with zero attached hydrogens (tertiary/aromatic N) is 2. The van der Waals surface area contributed by atoms with Crippen molar-refractivity contribution < 1.29 is 0 Å². The van der Waals surface area contributed by atoms with E-state index in [-0.39, 0.29) is 0 Å².